The highest BCUT2D eigenvalue weighted by atomic mass is 35.5. The number of sulfonamides is 1. The highest BCUT2D eigenvalue weighted by Crippen LogP contribution is 2.28. The van der Waals surface area contributed by atoms with Crippen molar-refractivity contribution in [3.63, 3.8) is 0 Å². The van der Waals surface area contributed by atoms with Crippen LogP contribution in [0.4, 0.5) is 5.69 Å². The minimum Gasteiger partial charge on any atom is -0.494 e. The van der Waals surface area contributed by atoms with Crippen LogP contribution in [0.3, 0.4) is 0 Å². The number of hydrogen-bond acceptors (Lipinski definition) is 5. The van der Waals surface area contributed by atoms with Gasteiger partial charge in [-0.05, 0) is 80.8 Å². The van der Waals surface area contributed by atoms with Gasteiger partial charge in [-0.25, -0.2) is 8.42 Å². The summed E-state index contributed by atoms with van der Waals surface area (Å²) < 4.78 is 34.5. The predicted octanol–water partition coefficient (Wildman–Crippen LogP) is 6.23. The summed E-state index contributed by atoms with van der Waals surface area (Å²) in [5, 5.41) is 3.53. The van der Waals surface area contributed by atoms with Crippen molar-refractivity contribution in [1.82, 2.24) is 10.2 Å². The molecule has 0 aliphatic rings. The number of nitrogens with zero attached hydrogens (tertiary/aromatic N) is 2. The molecule has 1 atom stereocenters. The van der Waals surface area contributed by atoms with Crippen molar-refractivity contribution >= 4 is 50.7 Å². The summed E-state index contributed by atoms with van der Waals surface area (Å²) >= 11 is 12.3. The SMILES string of the molecule is CCCNC(=O)[C@@H](CC)N(Cc1ccc(Cl)c(Cl)c1)C(=O)CN(c1ccc(C)cc1)S(=O)(=O)c1ccc(OCC)cc1. The van der Waals surface area contributed by atoms with Crippen LogP contribution in [0.15, 0.2) is 71.6 Å². The molecule has 3 aromatic rings. The number of amides is 2. The number of ether oxygens (including phenoxy) is 1. The zero-order valence-corrected chi connectivity index (χ0v) is 26.6. The Bertz CT molecular complexity index is 1460. The molecule has 0 spiro atoms. The number of aryl methyl sites for hydroxylation is 1. The molecule has 2 amide bonds. The molecule has 0 heterocycles. The van der Waals surface area contributed by atoms with Crippen LogP contribution in [-0.2, 0) is 26.2 Å². The molecule has 0 fully saturated rings. The van der Waals surface area contributed by atoms with Crippen molar-refractivity contribution in [3.8, 4) is 5.75 Å². The second kappa shape index (κ2) is 15.3. The van der Waals surface area contributed by atoms with Crippen LogP contribution < -0.4 is 14.4 Å². The molecular formula is C31H37Cl2N3O5S. The molecule has 1 N–H and O–H groups in total. The number of rotatable bonds is 14. The third kappa shape index (κ3) is 8.40. The predicted molar refractivity (Wildman–Crippen MR) is 168 cm³/mol. The van der Waals surface area contributed by atoms with Gasteiger partial charge < -0.3 is 15.0 Å². The van der Waals surface area contributed by atoms with Crippen LogP contribution in [0.1, 0.15) is 44.7 Å². The van der Waals surface area contributed by atoms with Crippen molar-refractivity contribution in [3.05, 3.63) is 87.9 Å². The summed E-state index contributed by atoms with van der Waals surface area (Å²) in [5.74, 6) is -0.329. The number of hydrogen-bond donors (Lipinski definition) is 1. The fraction of sp³-hybridized carbons (Fsp3) is 0.355. The quantitative estimate of drug-likeness (QED) is 0.227. The van der Waals surface area contributed by atoms with Gasteiger partial charge in [0.25, 0.3) is 10.0 Å². The number of halogens is 2. The van der Waals surface area contributed by atoms with Gasteiger partial charge in [0, 0.05) is 13.1 Å². The lowest BCUT2D eigenvalue weighted by atomic mass is 10.1. The van der Waals surface area contributed by atoms with Crippen molar-refractivity contribution in [1.29, 1.82) is 0 Å². The first-order valence-corrected chi connectivity index (χ1v) is 16.0. The van der Waals surface area contributed by atoms with E-state index >= 15 is 0 Å². The van der Waals surface area contributed by atoms with Gasteiger partial charge >= 0.3 is 0 Å². The first kappa shape index (κ1) is 33.2. The van der Waals surface area contributed by atoms with E-state index in [9.17, 15) is 18.0 Å². The molecule has 0 saturated heterocycles. The van der Waals surface area contributed by atoms with Crippen LogP contribution in [0, 0.1) is 6.92 Å². The largest absolute Gasteiger partial charge is 0.494 e. The maximum atomic E-state index is 14.1. The van der Waals surface area contributed by atoms with E-state index in [0.29, 0.717) is 46.6 Å². The van der Waals surface area contributed by atoms with Gasteiger partial charge in [-0.3, -0.25) is 13.9 Å². The van der Waals surface area contributed by atoms with Crippen molar-refractivity contribution in [2.24, 2.45) is 0 Å². The van der Waals surface area contributed by atoms with Crippen molar-refractivity contribution < 1.29 is 22.7 Å². The lowest BCUT2D eigenvalue weighted by Gasteiger charge is -2.33. The van der Waals surface area contributed by atoms with Crippen LogP contribution in [0.25, 0.3) is 0 Å². The highest BCUT2D eigenvalue weighted by molar-refractivity contribution is 7.92. The van der Waals surface area contributed by atoms with Crippen molar-refractivity contribution in [2.45, 2.75) is 58.0 Å². The Labute approximate surface area is 258 Å². The monoisotopic (exact) mass is 633 g/mol. The molecule has 0 aliphatic heterocycles. The highest BCUT2D eigenvalue weighted by Gasteiger charge is 2.33. The van der Waals surface area contributed by atoms with Crippen LogP contribution in [0.5, 0.6) is 5.75 Å². The Morgan fingerprint density at radius 2 is 1.60 bits per heavy atom. The lowest BCUT2D eigenvalue weighted by molar-refractivity contribution is -0.140. The zero-order chi connectivity index (χ0) is 30.9. The van der Waals surface area contributed by atoms with E-state index in [1.54, 1.807) is 61.5 Å². The lowest BCUT2D eigenvalue weighted by Crippen LogP contribution is -2.52. The average molecular weight is 635 g/mol. The molecule has 0 aliphatic carbocycles. The number of nitrogens with one attached hydrogen (secondary N) is 1. The van der Waals surface area contributed by atoms with E-state index in [1.807, 2.05) is 20.8 Å². The van der Waals surface area contributed by atoms with E-state index in [4.69, 9.17) is 27.9 Å². The Balaban J connectivity index is 2.05. The number of anilines is 1. The fourth-order valence-electron chi connectivity index (χ4n) is 4.36. The first-order chi connectivity index (χ1) is 20.0. The number of carbonyl (C=O) groups is 2. The summed E-state index contributed by atoms with van der Waals surface area (Å²) in [5.41, 5.74) is 1.90. The first-order valence-electron chi connectivity index (χ1n) is 13.8. The van der Waals surface area contributed by atoms with E-state index in [2.05, 4.69) is 5.32 Å². The fourth-order valence-corrected chi connectivity index (χ4v) is 6.10. The molecule has 3 rings (SSSR count). The molecule has 11 heteroatoms. The van der Waals surface area contributed by atoms with Gasteiger partial charge in [-0.15, -0.1) is 0 Å². The van der Waals surface area contributed by atoms with E-state index in [-0.39, 0.29) is 17.3 Å². The summed E-state index contributed by atoms with van der Waals surface area (Å²) in [7, 11) is -4.19. The smallest absolute Gasteiger partial charge is 0.264 e. The maximum absolute atomic E-state index is 14.1. The average Bonchev–Trinajstić information content (AvgIpc) is 2.97. The second-order valence-corrected chi connectivity index (χ2v) is 12.4. The van der Waals surface area contributed by atoms with E-state index in [0.717, 1.165) is 16.3 Å². The molecule has 0 bridgehead atoms. The molecule has 0 radical (unpaired) electrons. The standard InChI is InChI=1S/C31H37Cl2N3O5S/c1-5-18-34-31(38)29(6-2)35(20-23-10-17-27(32)28(33)19-23)30(37)21-36(24-11-8-22(4)9-12-24)42(39,40)26-15-13-25(14-16-26)41-7-3/h8-17,19,29H,5-7,18,20-21H2,1-4H3,(H,34,38)/t29-/m1/s1. The van der Waals surface area contributed by atoms with Crippen LogP contribution in [0.2, 0.25) is 10.0 Å². The van der Waals surface area contributed by atoms with Crippen LogP contribution >= 0.6 is 23.2 Å². The molecule has 8 nitrogen and oxygen atoms in total. The topological polar surface area (TPSA) is 96.0 Å². The molecule has 3 aromatic carbocycles. The third-order valence-corrected chi connectivity index (χ3v) is 9.12. The Hall–Kier alpha value is -3.27. The van der Waals surface area contributed by atoms with Gasteiger partial charge in [0.15, 0.2) is 0 Å². The summed E-state index contributed by atoms with van der Waals surface area (Å²) in [4.78, 5) is 28.7. The zero-order valence-electron chi connectivity index (χ0n) is 24.3. The van der Waals surface area contributed by atoms with Gasteiger partial charge in [0.2, 0.25) is 11.8 Å². The third-order valence-electron chi connectivity index (χ3n) is 6.60. The van der Waals surface area contributed by atoms with Crippen molar-refractivity contribution in [2.75, 3.05) is 24.0 Å². The molecule has 42 heavy (non-hydrogen) atoms. The van der Waals surface area contributed by atoms with Gasteiger partial charge in [0.05, 0.1) is 27.2 Å². The number of carbonyl (C=O) groups excluding carboxylic acids is 2. The summed E-state index contributed by atoms with van der Waals surface area (Å²) in [6.45, 7) is 7.85. The van der Waals surface area contributed by atoms with Gasteiger partial charge in [-0.1, -0.05) is 60.8 Å². The van der Waals surface area contributed by atoms with E-state index < -0.39 is 28.5 Å². The Morgan fingerprint density at radius 1 is 0.929 bits per heavy atom. The summed E-state index contributed by atoms with van der Waals surface area (Å²) in [6, 6.07) is 17.1. The summed E-state index contributed by atoms with van der Waals surface area (Å²) in [6.07, 6.45) is 1.04. The normalized spacial score (nSPS) is 12.0. The Morgan fingerprint density at radius 3 is 2.17 bits per heavy atom. The van der Waals surface area contributed by atoms with Crippen LogP contribution in [-0.4, -0.2) is 50.9 Å². The van der Waals surface area contributed by atoms with Gasteiger partial charge in [-0.2, -0.15) is 0 Å². The molecule has 0 aromatic heterocycles. The second-order valence-electron chi connectivity index (χ2n) is 9.74. The minimum atomic E-state index is -4.19. The minimum absolute atomic E-state index is 0.00286. The molecular weight excluding hydrogens is 597 g/mol. The molecule has 0 unspecified atom stereocenters. The Kier molecular flexibility index (Phi) is 12.1. The number of benzene rings is 3. The van der Waals surface area contributed by atoms with E-state index in [1.165, 1.54) is 17.0 Å². The maximum Gasteiger partial charge on any atom is 0.264 e. The molecule has 226 valence electrons. The molecule has 0 saturated carbocycles. The van der Waals surface area contributed by atoms with Gasteiger partial charge in [0.1, 0.15) is 18.3 Å².